The Bertz CT molecular complexity index is 1010. The van der Waals surface area contributed by atoms with Crippen LogP contribution >= 0.6 is 11.3 Å². The maximum Gasteiger partial charge on any atom is 0.293 e. The molecule has 3 aromatic heterocycles. The van der Waals surface area contributed by atoms with E-state index in [-0.39, 0.29) is 11.9 Å². The normalized spacial score (nSPS) is 23.5. The number of likely N-dealkylation sites (tertiary alicyclic amines) is 1. The highest BCUT2D eigenvalue weighted by molar-refractivity contribution is 7.19. The van der Waals surface area contributed by atoms with Crippen molar-refractivity contribution in [2.45, 2.75) is 58.4 Å². The summed E-state index contributed by atoms with van der Waals surface area (Å²) in [7, 11) is 0. The van der Waals surface area contributed by atoms with Gasteiger partial charge in [-0.2, -0.15) is 0 Å². The van der Waals surface area contributed by atoms with Crippen molar-refractivity contribution < 1.29 is 4.79 Å². The molecule has 7 heteroatoms. The summed E-state index contributed by atoms with van der Waals surface area (Å²) in [6.45, 7) is 5.22. The van der Waals surface area contributed by atoms with E-state index in [1.54, 1.807) is 22.2 Å². The summed E-state index contributed by atoms with van der Waals surface area (Å²) in [4.78, 5) is 26.6. The Morgan fingerprint density at radius 2 is 2.15 bits per heavy atom. The zero-order chi connectivity index (χ0) is 17.8. The van der Waals surface area contributed by atoms with Crippen molar-refractivity contribution >= 4 is 33.1 Å². The van der Waals surface area contributed by atoms with Crippen LogP contribution in [0.2, 0.25) is 0 Å². The van der Waals surface area contributed by atoms with Crippen LogP contribution in [0.1, 0.15) is 60.6 Å². The molecule has 5 rings (SSSR count). The molecule has 1 fully saturated rings. The first-order valence-corrected chi connectivity index (χ1v) is 10.4. The summed E-state index contributed by atoms with van der Waals surface area (Å²) < 4.78 is 1.69. The molecular formula is C19H23N5OS. The van der Waals surface area contributed by atoms with E-state index in [1.807, 2.05) is 4.90 Å². The van der Waals surface area contributed by atoms with Crippen LogP contribution in [0.5, 0.6) is 0 Å². The lowest BCUT2D eigenvalue weighted by molar-refractivity contribution is 0.0623. The molecule has 1 saturated heterocycles. The van der Waals surface area contributed by atoms with Gasteiger partial charge in [0.1, 0.15) is 11.2 Å². The fourth-order valence-electron chi connectivity index (χ4n) is 4.37. The third-order valence-electron chi connectivity index (χ3n) is 5.88. The molecule has 0 spiro atoms. The molecule has 136 valence electrons. The number of hydrogen-bond donors (Lipinski definition) is 0. The lowest BCUT2D eigenvalue weighted by atomic mass is 9.89. The Kier molecular flexibility index (Phi) is 3.74. The van der Waals surface area contributed by atoms with Crippen LogP contribution in [0.3, 0.4) is 0 Å². The highest BCUT2D eigenvalue weighted by atomic mass is 32.1. The molecule has 2 aliphatic rings. The van der Waals surface area contributed by atoms with Gasteiger partial charge in [-0.25, -0.2) is 14.5 Å². The van der Waals surface area contributed by atoms with Gasteiger partial charge in [-0.15, -0.1) is 16.4 Å². The lowest BCUT2D eigenvalue weighted by Crippen LogP contribution is -2.42. The van der Waals surface area contributed by atoms with Crippen molar-refractivity contribution in [3.8, 4) is 0 Å². The number of aromatic nitrogens is 4. The first-order valence-electron chi connectivity index (χ1n) is 9.58. The van der Waals surface area contributed by atoms with Crippen LogP contribution in [0.4, 0.5) is 0 Å². The minimum Gasteiger partial charge on any atom is -0.333 e. The molecule has 1 aliphatic carbocycles. The topological polar surface area (TPSA) is 63.4 Å². The van der Waals surface area contributed by atoms with Crippen LogP contribution in [0.25, 0.3) is 15.9 Å². The van der Waals surface area contributed by atoms with Crippen LogP contribution < -0.4 is 0 Å². The average Bonchev–Trinajstić information content (AvgIpc) is 3.22. The lowest BCUT2D eigenvalue weighted by Gasteiger charge is -2.32. The molecule has 6 nitrogen and oxygen atoms in total. The Balaban J connectivity index is 1.62. The summed E-state index contributed by atoms with van der Waals surface area (Å²) in [6.07, 6.45) is 8.43. The summed E-state index contributed by atoms with van der Waals surface area (Å²) in [5.74, 6) is 0.933. The second kappa shape index (κ2) is 6.01. The minimum absolute atomic E-state index is 0.0495. The number of hydrogen-bond acceptors (Lipinski definition) is 5. The summed E-state index contributed by atoms with van der Waals surface area (Å²) >= 11 is 1.78. The summed E-state index contributed by atoms with van der Waals surface area (Å²) in [5.41, 5.74) is 2.16. The van der Waals surface area contributed by atoms with Gasteiger partial charge in [0.2, 0.25) is 5.82 Å². The average molecular weight is 369 g/mol. The molecule has 26 heavy (non-hydrogen) atoms. The zero-order valence-corrected chi connectivity index (χ0v) is 16.1. The van der Waals surface area contributed by atoms with E-state index in [4.69, 9.17) is 0 Å². The van der Waals surface area contributed by atoms with E-state index in [1.165, 1.54) is 23.3 Å². The molecule has 0 radical (unpaired) electrons. The second-order valence-electron chi connectivity index (χ2n) is 7.82. The Labute approximate surface area is 156 Å². The number of fused-ring (bicyclic) bond motifs is 5. The number of amides is 1. The van der Waals surface area contributed by atoms with Gasteiger partial charge in [0, 0.05) is 17.5 Å². The smallest absolute Gasteiger partial charge is 0.293 e. The molecule has 0 aromatic carbocycles. The van der Waals surface area contributed by atoms with Crippen molar-refractivity contribution in [2.24, 2.45) is 5.92 Å². The van der Waals surface area contributed by atoms with Gasteiger partial charge >= 0.3 is 0 Å². The summed E-state index contributed by atoms with van der Waals surface area (Å²) in [5, 5.41) is 5.59. The first-order chi connectivity index (χ1) is 12.6. The SMILES string of the molecule is C[C@H]1CCc2sc3ncn4nc(C(=O)N5CCCC[C@H]5C)nc4c3c2C1. The minimum atomic E-state index is -0.0495. The van der Waals surface area contributed by atoms with E-state index in [2.05, 4.69) is 28.9 Å². The number of thiophene rings is 1. The molecular weight excluding hydrogens is 346 g/mol. The van der Waals surface area contributed by atoms with E-state index in [0.717, 1.165) is 48.1 Å². The third-order valence-corrected chi connectivity index (χ3v) is 7.08. The molecule has 0 saturated carbocycles. The monoisotopic (exact) mass is 369 g/mol. The van der Waals surface area contributed by atoms with Crippen LogP contribution in [0.15, 0.2) is 6.33 Å². The van der Waals surface area contributed by atoms with Gasteiger partial charge in [0.25, 0.3) is 5.91 Å². The highest BCUT2D eigenvalue weighted by Gasteiger charge is 2.29. The van der Waals surface area contributed by atoms with Crippen molar-refractivity contribution in [3.63, 3.8) is 0 Å². The number of carbonyl (C=O) groups is 1. The van der Waals surface area contributed by atoms with Crippen molar-refractivity contribution in [1.29, 1.82) is 0 Å². The molecule has 4 heterocycles. The van der Waals surface area contributed by atoms with Gasteiger partial charge < -0.3 is 4.90 Å². The van der Waals surface area contributed by atoms with E-state index in [9.17, 15) is 4.79 Å². The number of rotatable bonds is 1. The second-order valence-corrected chi connectivity index (χ2v) is 8.91. The fourth-order valence-corrected chi connectivity index (χ4v) is 5.54. The predicted molar refractivity (Wildman–Crippen MR) is 102 cm³/mol. The van der Waals surface area contributed by atoms with Gasteiger partial charge in [-0.3, -0.25) is 4.79 Å². The molecule has 3 aromatic rings. The van der Waals surface area contributed by atoms with Crippen LogP contribution in [-0.4, -0.2) is 43.0 Å². The Morgan fingerprint density at radius 3 is 3.00 bits per heavy atom. The standard InChI is InChI=1S/C19H23N5OS/c1-11-6-7-14-13(9-11)15-17-21-16(22-24(17)10-20-18(15)26-14)19(25)23-8-4-3-5-12(23)2/h10-12H,3-9H2,1-2H3/t11-,12+/m0/s1. The van der Waals surface area contributed by atoms with Crippen molar-refractivity contribution in [2.75, 3.05) is 6.54 Å². The molecule has 0 unspecified atom stereocenters. The Hall–Kier alpha value is -2.02. The van der Waals surface area contributed by atoms with Gasteiger partial charge in [0.15, 0.2) is 5.65 Å². The largest absolute Gasteiger partial charge is 0.333 e. The first kappa shape index (κ1) is 16.2. The number of nitrogens with zero attached hydrogens (tertiary/aromatic N) is 5. The van der Waals surface area contributed by atoms with E-state index >= 15 is 0 Å². The molecule has 1 amide bonds. The summed E-state index contributed by atoms with van der Waals surface area (Å²) in [6, 6.07) is 0.260. The van der Waals surface area contributed by atoms with Crippen molar-refractivity contribution in [3.05, 3.63) is 22.6 Å². The highest BCUT2D eigenvalue weighted by Crippen LogP contribution is 2.38. The molecule has 1 aliphatic heterocycles. The van der Waals surface area contributed by atoms with Crippen molar-refractivity contribution in [1.82, 2.24) is 24.5 Å². The molecule has 2 atom stereocenters. The Morgan fingerprint density at radius 1 is 1.27 bits per heavy atom. The number of carbonyl (C=O) groups excluding carboxylic acids is 1. The van der Waals surface area contributed by atoms with E-state index in [0.29, 0.717) is 11.7 Å². The van der Waals surface area contributed by atoms with Crippen LogP contribution in [0, 0.1) is 5.92 Å². The van der Waals surface area contributed by atoms with E-state index < -0.39 is 0 Å². The van der Waals surface area contributed by atoms with Gasteiger partial charge in [-0.1, -0.05) is 6.92 Å². The van der Waals surface area contributed by atoms with Crippen LogP contribution in [-0.2, 0) is 12.8 Å². The molecule has 0 bridgehead atoms. The zero-order valence-electron chi connectivity index (χ0n) is 15.2. The maximum absolute atomic E-state index is 13.0. The molecule has 0 N–H and O–H groups in total. The third kappa shape index (κ3) is 2.44. The van der Waals surface area contributed by atoms with Gasteiger partial charge in [-0.05, 0) is 56.9 Å². The maximum atomic E-state index is 13.0. The number of piperidine rings is 1. The fraction of sp³-hybridized carbons (Fsp3) is 0.579. The van der Waals surface area contributed by atoms with Gasteiger partial charge in [0.05, 0.1) is 5.39 Å². The quantitative estimate of drug-likeness (QED) is 0.659. The predicted octanol–water partition coefficient (Wildman–Crippen LogP) is 3.48. The number of aryl methyl sites for hydroxylation is 1.